The van der Waals surface area contributed by atoms with E-state index in [-0.39, 0.29) is 18.4 Å². The van der Waals surface area contributed by atoms with E-state index in [1.165, 1.54) is 17.4 Å². The van der Waals surface area contributed by atoms with Crippen LogP contribution in [0.1, 0.15) is 19.8 Å². The highest BCUT2D eigenvalue weighted by Crippen LogP contribution is 2.28. The van der Waals surface area contributed by atoms with E-state index in [0.29, 0.717) is 12.2 Å². The number of carboxylic acids is 1. The van der Waals surface area contributed by atoms with Gasteiger partial charge in [0.2, 0.25) is 5.91 Å². The molecule has 0 spiro atoms. The number of hydrogen-bond acceptors (Lipinski definition) is 4. The molecule has 17 heavy (non-hydrogen) atoms. The molecule has 1 fully saturated rings. The number of rotatable bonds is 2. The minimum Gasteiger partial charge on any atom is -0.481 e. The average Bonchev–Trinajstić information content (AvgIpc) is 2.30. The van der Waals surface area contributed by atoms with Crippen LogP contribution < -0.4 is 4.90 Å². The van der Waals surface area contributed by atoms with Crippen molar-refractivity contribution >= 4 is 17.7 Å². The zero-order valence-electron chi connectivity index (χ0n) is 9.41. The van der Waals surface area contributed by atoms with Crippen LogP contribution >= 0.6 is 0 Å². The third-order valence-electron chi connectivity index (χ3n) is 3.06. The van der Waals surface area contributed by atoms with Crippen molar-refractivity contribution in [3.05, 3.63) is 18.6 Å². The fraction of sp³-hybridized carbons (Fsp3) is 0.455. The lowest BCUT2D eigenvalue weighted by atomic mass is 9.90. The van der Waals surface area contributed by atoms with Crippen molar-refractivity contribution < 1.29 is 14.7 Å². The highest BCUT2D eigenvalue weighted by atomic mass is 16.4. The predicted molar refractivity (Wildman–Crippen MR) is 59.3 cm³/mol. The quantitative estimate of drug-likeness (QED) is 0.815. The molecule has 0 bridgehead atoms. The molecule has 90 valence electrons. The molecule has 2 rings (SSSR count). The number of carbonyl (C=O) groups is 2. The molecule has 1 aliphatic heterocycles. The van der Waals surface area contributed by atoms with Gasteiger partial charge in [-0.3, -0.25) is 14.5 Å². The Morgan fingerprint density at radius 2 is 2.35 bits per heavy atom. The van der Waals surface area contributed by atoms with Crippen LogP contribution in [0.5, 0.6) is 0 Å². The molecule has 0 unspecified atom stereocenters. The molecule has 1 saturated heterocycles. The molecule has 2 atom stereocenters. The van der Waals surface area contributed by atoms with Crippen LogP contribution in [-0.2, 0) is 9.59 Å². The monoisotopic (exact) mass is 235 g/mol. The molecule has 0 aliphatic carbocycles. The van der Waals surface area contributed by atoms with E-state index in [9.17, 15) is 9.59 Å². The summed E-state index contributed by atoms with van der Waals surface area (Å²) in [5, 5.41) is 9.09. The Morgan fingerprint density at radius 1 is 1.59 bits per heavy atom. The number of carboxylic acid groups (broad SMARTS) is 1. The van der Waals surface area contributed by atoms with Crippen molar-refractivity contribution in [1.29, 1.82) is 0 Å². The Kier molecular flexibility index (Phi) is 3.03. The maximum atomic E-state index is 11.8. The van der Waals surface area contributed by atoms with Gasteiger partial charge in [-0.1, -0.05) is 0 Å². The molecule has 2 heterocycles. The zero-order valence-corrected chi connectivity index (χ0v) is 9.41. The van der Waals surface area contributed by atoms with Crippen LogP contribution in [0.2, 0.25) is 0 Å². The molecule has 0 saturated carbocycles. The minimum atomic E-state index is -0.871. The van der Waals surface area contributed by atoms with Crippen molar-refractivity contribution in [2.24, 2.45) is 5.92 Å². The second-order valence-corrected chi connectivity index (χ2v) is 4.06. The average molecular weight is 235 g/mol. The second kappa shape index (κ2) is 4.48. The maximum Gasteiger partial charge on any atom is 0.308 e. The Balaban J connectivity index is 2.31. The molecule has 1 amide bonds. The summed E-state index contributed by atoms with van der Waals surface area (Å²) in [7, 11) is 0. The third-order valence-corrected chi connectivity index (χ3v) is 3.06. The van der Waals surface area contributed by atoms with Gasteiger partial charge < -0.3 is 5.11 Å². The lowest BCUT2D eigenvalue weighted by Gasteiger charge is -2.36. The summed E-state index contributed by atoms with van der Waals surface area (Å²) in [5.74, 6) is -1.04. The third kappa shape index (κ3) is 2.11. The van der Waals surface area contributed by atoms with E-state index < -0.39 is 11.9 Å². The number of amides is 1. The first-order chi connectivity index (χ1) is 8.11. The number of aromatic nitrogens is 2. The smallest absolute Gasteiger partial charge is 0.308 e. The Bertz CT molecular complexity index is 435. The van der Waals surface area contributed by atoms with Crippen LogP contribution in [-0.4, -0.2) is 33.0 Å². The molecule has 1 N–H and O–H groups in total. The van der Waals surface area contributed by atoms with Crippen molar-refractivity contribution in [3.8, 4) is 0 Å². The summed E-state index contributed by atoms with van der Waals surface area (Å²) >= 11 is 0. The van der Waals surface area contributed by atoms with Gasteiger partial charge in [0.25, 0.3) is 0 Å². The number of piperidine rings is 1. The Labute approximate surface area is 98.3 Å². The van der Waals surface area contributed by atoms with Crippen molar-refractivity contribution in [3.63, 3.8) is 0 Å². The lowest BCUT2D eigenvalue weighted by molar-refractivity contribution is -0.143. The highest BCUT2D eigenvalue weighted by Gasteiger charge is 2.38. The first-order valence-corrected chi connectivity index (χ1v) is 5.42. The summed E-state index contributed by atoms with van der Waals surface area (Å²) in [4.78, 5) is 32.1. The lowest BCUT2D eigenvalue weighted by Crippen LogP contribution is -2.50. The van der Waals surface area contributed by atoms with Crippen LogP contribution in [0.15, 0.2) is 18.6 Å². The van der Waals surface area contributed by atoms with Gasteiger partial charge in [0.1, 0.15) is 12.1 Å². The number of aliphatic carboxylic acids is 1. The largest absolute Gasteiger partial charge is 0.481 e. The standard InChI is InChI=1S/C11H13N3O3/c1-7-8(11(16)17)2-3-10(15)14(7)9-4-5-12-6-13-9/h4-8H,2-3H2,1H3,(H,16,17)/t7-,8+/m1/s1. The number of anilines is 1. The highest BCUT2D eigenvalue weighted by molar-refractivity contribution is 5.95. The fourth-order valence-electron chi connectivity index (χ4n) is 2.14. The molecule has 6 nitrogen and oxygen atoms in total. The van der Waals surface area contributed by atoms with Crippen molar-refractivity contribution in [1.82, 2.24) is 9.97 Å². The van der Waals surface area contributed by atoms with Crippen LogP contribution in [0.25, 0.3) is 0 Å². The van der Waals surface area contributed by atoms with Gasteiger partial charge in [-0.05, 0) is 19.4 Å². The minimum absolute atomic E-state index is 0.0892. The van der Waals surface area contributed by atoms with E-state index in [1.54, 1.807) is 13.0 Å². The van der Waals surface area contributed by atoms with Crippen molar-refractivity contribution in [2.75, 3.05) is 4.90 Å². The maximum absolute atomic E-state index is 11.8. The van der Waals surface area contributed by atoms with Gasteiger partial charge in [-0.15, -0.1) is 0 Å². The molecule has 6 heteroatoms. The van der Waals surface area contributed by atoms with Gasteiger partial charge in [-0.2, -0.15) is 0 Å². The van der Waals surface area contributed by atoms with Crippen LogP contribution in [0.4, 0.5) is 5.82 Å². The molecular formula is C11H13N3O3. The fourth-order valence-corrected chi connectivity index (χ4v) is 2.14. The van der Waals surface area contributed by atoms with E-state index in [0.717, 1.165) is 0 Å². The second-order valence-electron chi connectivity index (χ2n) is 4.06. The van der Waals surface area contributed by atoms with E-state index in [4.69, 9.17) is 5.11 Å². The predicted octanol–water partition coefficient (Wildman–Crippen LogP) is 0.693. The summed E-state index contributed by atoms with van der Waals surface area (Å²) in [6.45, 7) is 1.73. The van der Waals surface area contributed by atoms with Gasteiger partial charge in [0, 0.05) is 18.7 Å². The molecule has 1 aromatic rings. The molecular weight excluding hydrogens is 222 g/mol. The van der Waals surface area contributed by atoms with Gasteiger partial charge >= 0.3 is 5.97 Å². The molecule has 1 aliphatic rings. The van der Waals surface area contributed by atoms with E-state index >= 15 is 0 Å². The Morgan fingerprint density at radius 3 is 2.94 bits per heavy atom. The number of carbonyl (C=O) groups excluding carboxylic acids is 1. The van der Waals surface area contributed by atoms with Crippen molar-refractivity contribution in [2.45, 2.75) is 25.8 Å². The first kappa shape index (κ1) is 11.5. The number of nitrogens with zero attached hydrogens (tertiary/aromatic N) is 3. The molecule has 0 aromatic carbocycles. The van der Waals surface area contributed by atoms with Gasteiger partial charge in [0.15, 0.2) is 0 Å². The summed E-state index contributed by atoms with van der Waals surface area (Å²) < 4.78 is 0. The van der Waals surface area contributed by atoms with E-state index in [2.05, 4.69) is 9.97 Å². The SMILES string of the molecule is C[C@@H]1[C@@H](C(=O)O)CCC(=O)N1c1ccncn1. The van der Waals surface area contributed by atoms with E-state index in [1.807, 2.05) is 0 Å². The van der Waals surface area contributed by atoms with Gasteiger partial charge in [-0.25, -0.2) is 9.97 Å². The summed E-state index contributed by atoms with van der Waals surface area (Å²) in [5.41, 5.74) is 0. The van der Waals surface area contributed by atoms with Gasteiger partial charge in [0.05, 0.1) is 5.92 Å². The zero-order chi connectivity index (χ0) is 12.4. The molecule has 0 radical (unpaired) electrons. The summed E-state index contributed by atoms with van der Waals surface area (Å²) in [6, 6.07) is 1.22. The first-order valence-electron chi connectivity index (χ1n) is 5.42. The Hall–Kier alpha value is -1.98. The normalized spacial score (nSPS) is 24.8. The molecule has 1 aromatic heterocycles. The van der Waals surface area contributed by atoms with Crippen LogP contribution in [0.3, 0.4) is 0 Å². The number of hydrogen-bond donors (Lipinski definition) is 1. The van der Waals surface area contributed by atoms with Crippen LogP contribution in [0, 0.1) is 5.92 Å². The summed E-state index contributed by atoms with van der Waals surface area (Å²) in [6.07, 6.45) is 3.51. The topological polar surface area (TPSA) is 83.4 Å².